The summed E-state index contributed by atoms with van der Waals surface area (Å²) >= 11 is 0. The Morgan fingerprint density at radius 1 is 1.00 bits per heavy atom. The maximum Gasteiger partial charge on any atom is 0.262 e. The van der Waals surface area contributed by atoms with Crippen LogP contribution in [0.4, 0.5) is 11.4 Å². The number of benzene rings is 2. The van der Waals surface area contributed by atoms with Crippen LogP contribution in [0.2, 0.25) is 0 Å². The molecule has 0 spiro atoms. The normalized spacial score (nSPS) is 16.5. The molecule has 4 heteroatoms. The highest BCUT2D eigenvalue weighted by molar-refractivity contribution is 6.12. The highest BCUT2D eigenvalue weighted by Crippen LogP contribution is 2.36. The number of rotatable bonds is 2. The molecule has 2 heterocycles. The number of nitrogens with zero attached hydrogens (tertiary/aromatic N) is 2. The largest absolute Gasteiger partial charge is 0.359 e. The van der Waals surface area contributed by atoms with E-state index in [9.17, 15) is 4.79 Å². The molecule has 1 N–H and O–H groups in total. The highest BCUT2D eigenvalue weighted by Gasteiger charge is 2.34. The molecule has 4 nitrogen and oxygen atoms in total. The van der Waals surface area contributed by atoms with Crippen LogP contribution in [0.3, 0.4) is 0 Å². The summed E-state index contributed by atoms with van der Waals surface area (Å²) in [5.74, 6) is -0.0226. The molecule has 118 valence electrons. The van der Waals surface area contributed by atoms with Crippen molar-refractivity contribution in [1.82, 2.24) is 4.98 Å². The maximum atomic E-state index is 13.2. The third kappa shape index (κ3) is 2.42. The Morgan fingerprint density at radius 3 is 2.62 bits per heavy atom. The summed E-state index contributed by atoms with van der Waals surface area (Å²) in [6, 6.07) is 21.3. The number of anilines is 2. The van der Waals surface area contributed by atoms with E-state index < -0.39 is 0 Å². The van der Waals surface area contributed by atoms with Crippen LogP contribution in [-0.2, 0) is 0 Å². The summed E-state index contributed by atoms with van der Waals surface area (Å²) in [7, 11) is 0. The Balaban J connectivity index is 1.88. The van der Waals surface area contributed by atoms with E-state index in [0.29, 0.717) is 5.56 Å². The first-order valence-electron chi connectivity index (χ1n) is 7.91. The van der Waals surface area contributed by atoms with Crippen LogP contribution in [0.1, 0.15) is 27.8 Å². The molecule has 0 unspecified atom stereocenters. The molecule has 0 saturated carbocycles. The van der Waals surface area contributed by atoms with Gasteiger partial charge in [-0.25, -0.2) is 0 Å². The molecule has 1 atom stereocenters. The second-order valence-electron chi connectivity index (χ2n) is 5.86. The Morgan fingerprint density at radius 2 is 1.83 bits per heavy atom. The molecular formula is C20H17N3O. The zero-order valence-electron chi connectivity index (χ0n) is 13.3. The van der Waals surface area contributed by atoms with E-state index in [0.717, 1.165) is 22.6 Å². The number of pyridine rings is 1. The predicted molar refractivity (Wildman–Crippen MR) is 95.0 cm³/mol. The van der Waals surface area contributed by atoms with Crippen LogP contribution in [-0.4, -0.2) is 10.9 Å². The fraction of sp³-hybridized carbons (Fsp3) is 0.100. The van der Waals surface area contributed by atoms with E-state index in [1.807, 2.05) is 73.7 Å². The third-order valence-electron chi connectivity index (χ3n) is 4.17. The number of para-hydroxylation sites is 1. The quantitative estimate of drug-likeness (QED) is 0.772. The summed E-state index contributed by atoms with van der Waals surface area (Å²) in [4.78, 5) is 19.4. The molecule has 1 aliphatic rings. The standard InChI is InChI=1S/C20H17N3O/c1-14-7-6-8-15(13-14)23-19(18-11-4-5-12-21-18)22-17-10-3-2-9-16(17)20(23)24/h2-13,19,22H,1H3/t19-/m0/s1. The highest BCUT2D eigenvalue weighted by atomic mass is 16.2. The first kappa shape index (κ1) is 14.5. The number of hydrogen-bond donors (Lipinski definition) is 1. The maximum absolute atomic E-state index is 13.2. The van der Waals surface area contributed by atoms with E-state index in [4.69, 9.17) is 0 Å². The van der Waals surface area contributed by atoms with Crippen molar-refractivity contribution >= 4 is 17.3 Å². The lowest BCUT2D eigenvalue weighted by molar-refractivity contribution is 0.0974. The molecule has 1 aromatic heterocycles. The number of carbonyl (C=O) groups excluding carboxylic acids is 1. The van der Waals surface area contributed by atoms with E-state index in [-0.39, 0.29) is 12.1 Å². The molecule has 24 heavy (non-hydrogen) atoms. The first-order valence-corrected chi connectivity index (χ1v) is 7.91. The Hall–Kier alpha value is -3.14. The van der Waals surface area contributed by atoms with Crippen LogP contribution in [0.15, 0.2) is 72.9 Å². The van der Waals surface area contributed by atoms with Crippen molar-refractivity contribution < 1.29 is 4.79 Å². The van der Waals surface area contributed by atoms with Crippen molar-refractivity contribution in [3.8, 4) is 0 Å². The zero-order valence-corrected chi connectivity index (χ0v) is 13.3. The molecule has 0 bridgehead atoms. The molecule has 1 amide bonds. The molecule has 0 fully saturated rings. The minimum absolute atomic E-state index is 0.0226. The summed E-state index contributed by atoms with van der Waals surface area (Å²) < 4.78 is 0. The van der Waals surface area contributed by atoms with E-state index in [1.165, 1.54) is 0 Å². The lowest BCUT2D eigenvalue weighted by Crippen LogP contribution is -2.43. The predicted octanol–water partition coefficient (Wildman–Crippen LogP) is 4.16. The van der Waals surface area contributed by atoms with Gasteiger partial charge in [0.2, 0.25) is 0 Å². The van der Waals surface area contributed by atoms with Gasteiger partial charge in [0.25, 0.3) is 5.91 Å². The number of carbonyl (C=O) groups is 1. The van der Waals surface area contributed by atoms with Gasteiger partial charge < -0.3 is 5.32 Å². The molecule has 4 rings (SSSR count). The van der Waals surface area contributed by atoms with Crippen molar-refractivity contribution in [2.45, 2.75) is 13.1 Å². The fourth-order valence-electron chi connectivity index (χ4n) is 3.04. The van der Waals surface area contributed by atoms with Gasteiger partial charge in [-0.3, -0.25) is 14.7 Å². The second-order valence-corrected chi connectivity index (χ2v) is 5.86. The van der Waals surface area contributed by atoms with Gasteiger partial charge in [0.1, 0.15) is 0 Å². The summed E-state index contributed by atoms with van der Waals surface area (Å²) in [5.41, 5.74) is 4.28. The first-order chi connectivity index (χ1) is 11.7. The van der Waals surface area contributed by atoms with E-state index in [1.54, 1.807) is 11.1 Å². The van der Waals surface area contributed by atoms with Gasteiger partial charge in [0, 0.05) is 17.6 Å². The van der Waals surface area contributed by atoms with Crippen molar-refractivity contribution in [2.75, 3.05) is 10.2 Å². The van der Waals surface area contributed by atoms with Crippen LogP contribution >= 0.6 is 0 Å². The molecule has 0 aliphatic carbocycles. The third-order valence-corrected chi connectivity index (χ3v) is 4.17. The monoisotopic (exact) mass is 315 g/mol. The average molecular weight is 315 g/mol. The lowest BCUT2D eigenvalue weighted by Gasteiger charge is -2.37. The minimum atomic E-state index is -0.338. The van der Waals surface area contributed by atoms with Gasteiger partial charge in [-0.2, -0.15) is 0 Å². The lowest BCUT2D eigenvalue weighted by atomic mass is 10.0. The smallest absolute Gasteiger partial charge is 0.262 e. The summed E-state index contributed by atoms with van der Waals surface area (Å²) in [5, 5.41) is 3.45. The van der Waals surface area contributed by atoms with Crippen molar-refractivity contribution in [3.63, 3.8) is 0 Å². The van der Waals surface area contributed by atoms with Gasteiger partial charge >= 0.3 is 0 Å². The van der Waals surface area contributed by atoms with Gasteiger partial charge in [-0.05, 0) is 48.9 Å². The number of aromatic nitrogens is 1. The summed E-state index contributed by atoms with van der Waals surface area (Å²) in [6.45, 7) is 2.02. The van der Waals surface area contributed by atoms with Crippen LogP contribution in [0, 0.1) is 6.92 Å². The van der Waals surface area contributed by atoms with Crippen molar-refractivity contribution in [2.24, 2.45) is 0 Å². The SMILES string of the molecule is Cc1cccc(N2C(=O)c3ccccc3N[C@@H]2c2ccccn2)c1. The zero-order chi connectivity index (χ0) is 16.5. The molecule has 1 aliphatic heterocycles. The average Bonchev–Trinajstić information content (AvgIpc) is 2.62. The van der Waals surface area contributed by atoms with Gasteiger partial charge in [0.15, 0.2) is 6.17 Å². The number of fused-ring (bicyclic) bond motifs is 1. The number of amides is 1. The molecule has 0 saturated heterocycles. The minimum Gasteiger partial charge on any atom is -0.359 e. The topological polar surface area (TPSA) is 45.2 Å². The van der Waals surface area contributed by atoms with Gasteiger partial charge in [0.05, 0.1) is 11.3 Å². The van der Waals surface area contributed by atoms with Crippen LogP contribution in [0.5, 0.6) is 0 Å². The molecule has 0 radical (unpaired) electrons. The molecular weight excluding hydrogens is 298 g/mol. The fourth-order valence-corrected chi connectivity index (χ4v) is 3.04. The van der Waals surface area contributed by atoms with Crippen LogP contribution < -0.4 is 10.2 Å². The number of aryl methyl sites for hydroxylation is 1. The Labute approximate surface area is 140 Å². The number of hydrogen-bond acceptors (Lipinski definition) is 3. The van der Waals surface area contributed by atoms with Gasteiger partial charge in [-0.15, -0.1) is 0 Å². The van der Waals surface area contributed by atoms with Crippen LogP contribution in [0.25, 0.3) is 0 Å². The summed E-state index contributed by atoms with van der Waals surface area (Å²) in [6.07, 6.45) is 1.41. The Bertz CT molecular complexity index is 892. The molecule has 3 aromatic rings. The van der Waals surface area contributed by atoms with Crippen molar-refractivity contribution in [3.05, 3.63) is 89.7 Å². The van der Waals surface area contributed by atoms with Gasteiger partial charge in [-0.1, -0.05) is 30.3 Å². The molecule has 2 aromatic carbocycles. The van der Waals surface area contributed by atoms with Crippen molar-refractivity contribution in [1.29, 1.82) is 0 Å². The second kappa shape index (κ2) is 5.81. The van der Waals surface area contributed by atoms with E-state index in [2.05, 4.69) is 10.3 Å². The number of nitrogens with one attached hydrogen (secondary N) is 1. The Kier molecular flexibility index (Phi) is 3.50. The van der Waals surface area contributed by atoms with E-state index >= 15 is 0 Å².